The number of aromatic nitrogens is 3. The van der Waals surface area contributed by atoms with Crippen molar-refractivity contribution in [2.24, 2.45) is 0 Å². The first-order valence-corrected chi connectivity index (χ1v) is 8.65. The molecule has 0 saturated heterocycles. The van der Waals surface area contributed by atoms with Gasteiger partial charge in [0.1, 0.15) is 0 Å². The fraction of sp³-hybridized carbons (Fsp3) is 0.133. The van der Waals surface area contributed by atoms with Crippen LogP contribution in [0.4, 0.5) is 0 Å². The third kappa shape index (κ3) is 3.07. The number of hydrogen-bond acceptors (Lipinski definition) is 5. The number of fused-ring (bicyclic) bond motifs is 1. The second-order valence-electron chi connectivity index (χ2n) is 5.00. The summed E-state index contributed by atoms with van der Waals surface area (Å²) in [6.07, 6.45) is 7.20. The van der Waals surface area contributed by atoms with Crippen LogP contribution < -0.4 is 5.32 Å². The Morgan fingerprint density at radius 1 is 1.17 bits per heavy atom. The molecular weight excluding hydrogens is 316 g/mol. The van der Waals surface area contributed by atoms with Crippen molar-refractivity contribution < 1.29 is 13.2 Å². The molecule has 0 aliphatic heterocycles. The van der Waals surface area contributed by atoms with E-state index in [1.807, 2.05) is 0 Å². The average Bonchev–Trinajstić information content (AvgIpc) is 2.98. The number of nitrogens with one attached hydrogen (secondary N) is 1. The van der Waals surface area contributed by atoms with Gasteiger partial charge in [0, 0.05) is 42.3 Å². The molecule has 0 unspecified atom stereocenters. The summed E-state index contributed by atoms with van der Waals surface area (Å²) in [4.78, 5) is 20.0. The summed E-state index contributed by atoms with van der Waals surface area (Å²) in [6, 6.07) is 6.67. The molecule has 0 aromatic carbocycles. The van der Waals surface area contributed by atoms with Crippen LogP contribution in [0.5, 0.6) is 0 Å². The SMILES string of the molecule is CS(=O)(=O)n1ccc2c(CNC(=O)c3ccncc3)ccnc21. The van der Waals surface area contributed by atoms with Gasteiger partial charge in [0.25, 0.3) is 5.91 Å². The molecule has 0 bridgehead atoms. The highest BCUT2D eigenvalue weighted by Crippen LogP contribution is 2.19. The van der Waals surface area contributed by atoms with Crippen LogP contribution in [-0.2, 0) is 16.6 Å². The second kappa shape index (κ2) is 5.81. The van der Waals surface area contributed by atoms with Gasteiger partial charge >= 0.3 is 0 Å². The van der Waals surface area contributed by atoms with Gasteiger partial charge in [0.05, 0.1) is 6.26 Å². The van der Waals surface area contributed by atoms with Crippen LogP contribution in [0, 0.1) is 0 Å². The highest BCUT2D eigenvalue weighted by atomic mass is 32.2. The van der Waals surface area contributed by atoms with Crippen LogP contribution in [0.25, 0.3) is 11.0 Å². The second-order valence-corrected chi connectivity index (χ2v) is 6.86. The summed E-state index contributed by atoms with van der Waals surface area (Å²) in [7, 11) is -3.42. The minimum Gasteiger partial charge on any atom is -0.348 e. The number of amides is 1. The molecule has 0 saturated carbocycles. The molecule has 1 amide bonds. The van der Waals surface area contributed by atoms with Gasteiger partial charge in [-0.15, -0.1) is 0 Å². The topological polar surface area (TPSA) is 94.0 Å². The van der Waals surface area contributed by atoms with Crippen LogP contribution in [0.2, 0.25) is 0 Å². The Balaban J connectivity index is 1.87. The number of carbonyl (C=O) groups is 1. The van der Waals surface area contributed by atoms with E-state index in [4.69, 9.17) is 0 Å². The first-order chi connectivity index (χ1) is 11.0. The maximum absolute atomic E-state index is 12.1. The summed E-state index contributed by atoms with van der Waals surface area (Å²) in [5, 5.41) is 3.49. The lowest BCUT2D eigenvalue weighted by atomic mass is 10.2. The summed E-state index contributed by atoms with van der Waals surface area (Å²) in [5.41, 5.74) is 1.65. The first-order valence-electron chi connectivity index (χ1n) is 6.80. The third-order valence-corrected chi connectivity index (χ3v) is 4.39. The van der Waals surface area contributed by atoms with Crippen LogP contribution in [0.1, 0.15) is 15.9 Å². The molecule has 0 aliphatic carbocycles. The van der Waals surface area contributed by atoms with E-state index in [1.54, 1.807) is 36.7 Å². The molecule has 3 aromatic rings. The third-order valence-electron chi connectivity index (χ3n) is 3.38. The molecule has 23 heavy (non-hydrogen) atoms. The summed E-state index contributed by atoms with van der Waals surface area (Å²) in [5.74, 6) is -0.222. The number of hydrogen-bond donors (Lipinski definition) is 1. The van der Waals surface area contributed by atoms with E-state index in [1.165, 1.54) is 12.4 Å². The van der Waals surface area contributed by atoms with E-state index in [-0.39, 0.29) is 12.5 Å². The number of carbonyl (C=O) groups excluding carboxylic acids is 1. The minimum absolute atomic E-state index is 0.222. The zero-order valence-corrected chi connectivity index (χ0v) is 13.1. The number of pyridine rings is 2. The highest BCUT2D eigenvalue weighted by molar-refractivity contribution is 7.89. The minimum atomic E-state index is -3.42. The summed E-state index contributed by atoms with van der Waals surface area (Å²) >= 11 is 0. The van der Waals surface area contributed by atoms with Crippen molar-refractivity contribution in [1.29, 1.82) is 0 Å². The van der Waals surface area contributed by atoms with E-state index in [9.17, 15) is 13.2 Å². The molecule has 0 spiro atoms. The Morgan fingerprint density at radius 3 is 2.61 bits per heavy atom. The van der Waals surface area contributed by atoms with Gasteiger partial charge in [-0.25, -0.2) is 17.4 Å². The molecule has 0 atom stereocenters. The molecule has 0 fully saturated rings. The smallest absolute Gasteiger partial charge is 0.251 e. The molecule has 3 aromatic heterocycles. The molecule has 0 radical (unpaired) electrons. The van der Waals surface area contributed by atoms with Crippen molar-refractivity contribution in [1.82, 2.24) is 19.3 Å². The molecule has 3 rings (SSSR count). The number of rotatable bonds is 4. The van der Waals surface area contributed by atoms with Crippen LogP contribution in [-0.4, -0.2) is 34.5 Å². The molecule has 3 heterocycles. The lowest BCUT2D eigenvalue weighted by molar-refractivity contribution is 0.0951. The van der Waals surface area contributed by atoms with E-state index in [0.717, 1.165) is 15.8 Å². The van der Waals surface area contributed by atoms with Gasteiger partial charge in [-0.3, -0.25) is 9.78 Å². The van der Waals surface area contributed by atoms with Crippen LogP contribution >= 0.6 is 0 Å². The Hall–Kier alpha value is -2.74. The van der Waals surface area contributed by atoms with Crippen LogP contribution in [0.15, 0.2) is 49.1 Å². The van der Waals surface area contributed by atoms with Crippen molar-refractivity contribution in [3.05, 3.63) is 60.2 Å². The summed E-state index contributed by atoms with van der Waals surface area (Å²) in [6.45, 7) is 0.272. The molecule has 118 valence electrons. The molecule has 1 N–H and O–H groups in total. The Labute approximate surface area is 133 Å². The van der Waals surface area contributed by atoms with Crippen molar-refractivity contribution in [3.63, 3.8) is 0 Å². The Kier molecular flexibility index (Phi) is 3.83. The van der Waals surface area contributed by atoms with E-state index >= 15 is 0 Å². The largest absolute Gasteiger partial charge is 0.348 e. The zero-order valence-electron chi connectivity index (χ0n) is 12.3. The fourth-order valence-electron chi connectivity index (χ4n) is 2.27. The van der Waals surface area contributed by atoms with Crippen molar-refractivity contribution >= 4 is 27.0 Å². The van der Waals surface area contributed by atoms with Crippen molar-refractivity contribution in [2.75, 3.05) is 6.26 Å². The van der Waals surface area contributed by atoms with E-state index in [0.29, 0.717) is 16.6 Å². The first kappa shape index (κ1) is 15.2. The predicted molar refractivity (Wildman–Crippen MR) is 85.4 cm³/mol. The maximum atomic E-state index is 12.1. The lowest BCUT2D eigenvalue weighted by Crippen LogP contribution is -2.22. The van der Waals surface area contributed by atoms with E-state index < -0.39 is 10.0 Å². The highest BCUT2D eigenvalue weighted by Gasteiger charge is 2.13. The van der Waals surface area contributed by atoms with Gasteiger partial charge in [-0.1, -0.05) is 0 Å². The van der Waals surface area contributed by atoms with Crippen molar-refractivity contribution in [3.8, 4) is 0 Å². The van der Waals surface area contributed by atoms with Gasteiger partial charge in [0.15, 0.2) is 5.65 Å². The van der Waals surface area contributed by atoms with Gasteiger partial charge < -0.3 is 5.32 Å². The van der Waals surface area contributed by atoms with Gasteiger partial charge in [-0.2, -0.15) is 0 Å². The quantitative estimate of drug-likeness (QED) is 0.775. The Bertz CT molecular complexity index is 965. The molecule has 8 heteroatoms. The maximum Gasteiger partial charge on any atom is 0.251 e. The van der Waals surface area contributed by atoms with Crippen LogP contribution in [0.3, 0.4) is 0 Å². The number of nitrogens with zero attached hydrogens (tertiary/aromatic N) is 3. The molecule has 0 aliphatic rings. The molecule has 7 nitrogen and oxygen atoms in total. The average molecular weight is 330 g/mol. The van der Waals surface area contributed by atoms with Gasteiger partial charge in [0.2, 0.25) is 10.0 Å². The van der Waals surface area contributed by atoms with Crippen molar-refractivity contribution in [2.45, 2.75) is 6.54 Å². The normalized spacial score (nSPS) is 11.5. The monoisotopic (exact) mass is 330 g/mol. The molecular formula is C15H14N4O3S. The predicted octanol–water partition coefficient (Wildman–Crippen LogP) is 1.17. The fourth-order valence-corrected chi connectivity index (χ4v) is 3.02. The van der Waals surface area contributed by atoms with E-state index in [2.05, 4.69) is 15.3 Å². The standard InChI is InChI=1S/C15H14N4O3S/c1-23(21,22)19-9-5-13-12(4-8-17-14(13)19)10-18-15(20)11-2-6-16-7-3-11/h2-9H,10H2,1H3,(H,18,20). The lowest BCUT2D eigenvalue weighted by Gasteiger charge is -2.07. The van der Waals surface area contributed by atoms with Gasteiger partial charge in [-0.05, 0) is 29.8 Å². The zero-order chi connectivity index (χ0) is 16.4. The summed E-state index contributed by atoms with van der Waals surface area (Å²) < 4.78 is 24.6. The Morgan fingerprint density at radius 2 is 1.91 bits per heavy atom.